The molecule has 0 bridgehead atoms. The molecular weight excluding hydrogens is 346 g/mol. The van der Waals surface area contributed by atoms with Crippen molar-refractivity contribution < 1.29 is 9.53 Å². The van der Waals surface area contributed by atoms with Crippen molar-refractivity contribution in [2.45, 2.75) is 39.2 Å². The molecular formula is C22H30ClNO2. The molecule has 0 saturated carbocycles. The van der Waals surface area contributed by atoms with Crippen molar-refractivity contribution in [1.82, 2.24) is 4.90 Å². The fraction of sp³-hybridized carbons (Fsp3) is 0.409. The van der Waals surface area contributed by atoms with Gasteiger partial charge in [0.05, 0.1) is 0 Å². The smallest absolute Gasteiger partial charge is 0.317 e. The van der Waals surface area contributed by atoms with E-state index in [0.29, 0.717) is 6.61 Å². The molecule has 26 heavy (non-hydrogen) atoms. The summed E-state index contributed by atoms with van der Waals surface area (Å²) in [4.78, 5) is 15.3. The normalized spacial score (nSPS) is 11.9. The van der Waals surface area contributed by atoms with Gasteiger partial charge < -0.3 is 4.74 Å². The second-order valence-electron chi connectivity index (χ2n) is 6.17. The number of esters is 1. The Morgan fingerprint density at radius 1 is 0.885 bits per heavy atom. The molecule has 0 aliphatic heterocycles. The van der Waals surface area contributed by atoms with Crippen LogP contribution in [0.25, 0.3) is 0 Å². The number of rotatable bonds is 9. The molecule has 2 rings (SSSR count). The maximum atomic E-state index is 12.9. The number of benzene rings is 2. The highest BCUT2D eigenvalue weighted by atomic mass is 35.5. The average molecular weight is 376 g/mol. The summed E-state index contributed by atoms with van der Waals surface area (Å²) in [5.74, 6) is -0.556. The molecule has 0 radical (unpaired) electrons. The minimum absolute atomic E-state index is 0. The summed E-state index contributed by atoms with van der Waals surface area (Å²) in [5, 5.41) is 0. The molecule has 4 heteroatoms. The van der Waals surface area contributed by atoms with Crippen LogP contribution in [0.15, 0.2) is 60.7 Å². The van der Waals surface area contributed by atoms with Gasteiger partial charge in [-0.2, -0.15) is 0 Å². The summed E-state index contributed by atoms with van der Waals surface area (Å²) in [6.45, 7) is 8.80. The molecule has 0 spiro atoms. The number of nitrogens with zero attached hydrogens (tertiary/aromatic N) is 1. The first-order valence-corrected chi connectivity index (χ1v) is 9.21. The van der Waals surface area contributed by atoms with Gasteiger partial charge in [-0.3, -0.25) is 9.69 Å². The van der Waals surface area contributed by atoms with Crippen LogP contribution in [0.5, 0.6) is 0 Å². The number of carbonyl (C=O) groups excluding carboxylic acids is 1. The second-order valence-corrected chi connectivity index (χ2v) is 6.17. The number of likely N-dealkylation sites (N-methyl/N-ethyl adjacent to an activating group) is 1. The highest BCUT2D eigenvalue weighted by Crippen LogP contribution is 2.26. The van der Waals surface area contributed by atoms with Gasteiger partial charge in [0, 0.05) is 6.04 Å². The van der Waals surface area contributed by atoms with Crippen LogP contribution in [-0.2, 0) is 9.53 Å². The van der Waals surface area contributed by atoms with Crippen LogP contribution in [0.2, 0.25) is 0 Å². The molecule has 0 heterocycles. The molecule has 0 aromatic heterocycles. The first-order valence-electron chi connectivity index (χ1n) is 9.21. The Hall–Kier alpha value is -1.84. The Morgan fingerprint density at radius 3 is 1.73 bits per heavy atom. The van der Waals surface area contributed by atoms with E-state index in [0.717, 1.165) is 30.6 Å². The quantitative estimate of drug-likeness (QED) is 0.583. The predicted octanol–water partition coefficient (Wildman–Crippen LogP) is 4.90. The predicted molar refractivity (Wildman–Crippen MR) is 110 cm³/mol. The molecule has 0 amide bonds. The summed E-state index contributed by atoms with van der Waals surface area (Å²) < 4.78 is 5.77. The van der Waals surface area contributed by atoms with E-state index in [1.165, 1.54) is 0 Å². The number of hydrogen-bond donors (Lipinski definition) is 0. The number of hydrogen-bond acceptors (Lipinski definition) is 3. The van der Waals surface area contributed by atoms with Gasteiger partial charge >= 0.3 is 5.97 Å². The van der Waals surface area contributed by atoms with E-state index in [9.17, 15) is 4.79 Å². The van der Waals surface area contributed by atoms with Crippen molar-refractivity contribution in [2.24, 2.45) is 0 Å². The summed E-state index contributed by atoms with van der Waals surface area (Å²) in [7, 11) is 0. The lowest BCUT2D eigenvalue weighted by Crippen LogP contribution is -2.39. The third-order valence-electron chi connectivity index (χ3n) is 4.72. The Kier molecular flexibility index (Phi) is 10.0. The number of carbonyl (C=O) groups is 1. The van der Waals surface area contributed by atoms with Crippen molar-refractivity contribution in [1.29, 1.82) is 0 Å². The van der Waals surface area contributed by atoms with Gasteiger partial charge in [0.2, 0.25) is 0 Å². The SMILES string of the molecule is CCC(COC(=O)C(c1ccccc1)c1ccccc1)N(CC)CC.Cl. The van der Waals surface area contributed by atoms with Crippen LogP contribution in [0.3, 0.4) is 0 Å². The van der Waals surface area contributed by atoms with Crippen LogP contribution in [0.1, 0.15) is 44.2 Å². The van der Waals surface area contributed by atoms with Gasteiger partial charge in [-0.15, -0.1) is 12.4 Å². The zero-order chi connectivity index (χ0) is 18.1. The second kappa shape index (κ2) is 11.7. The Labute approximate surface area is 163 Å². The minimum atomic E-state index is -0.378. The molecule has 0 aliphatic rings. The highest BCUT2D eigenvalue weighted by Gasteiger charge is 2.25. The molecule has 1 unspecified atom stereocenters. The maximum absolute atomic E-state index is 12.9. The molecule has 0 N–H and O–H groups in total. The Morgan fingerprint density at radius 2 is 1.35 bits per heavy atom. The van der Waals surface area contributed by atoms with Crippen molar-refractivity contribution in [3.8, 4) is 0 Å². The first kappa shape index (κ1) is 22.2. The van der Waals surface area contributed by atoms with Crippen LogP contribution in [-0.4, -0.2) is 36.6 Å². The van der Waals surface area contributed by atoms with E-state index < -0.39 is 0 Å². The van der Waals surface area contributed by atoms with Gasteiger partial charge in [0.1, 0.15) is 12.5 Å². The summed E-state index contributed by atoms with van der Waals surface area (Å²) in [6.07, 6.45) is 0.969. The Balaban J connectivity index is 0.00000338. The van der Waals surface area contributed by atoms with E-state index in [2.05, 4.69) is 25.7 Å². The third-order valence-corrected chi connectivity index (χ3v) is 4.72. The molecule has 1 atom stereocenters. The van der Waals surface area contributed by atoms with Crippen LogP contribution in [0.4, 0.5) is 0 Å². The molecule has 2 aromatic rings. The van der Waals surface area contributed by atoms with E-state index in [1.54, 1.807) is 0 Å². The molecule has 2 aromatic carbocycles. The average Bonchev–Trinajstić information content (AvgIpc) is 2.67. The van der Waals surface area contributed by atoms with E-state index in [1.807, 2.05) is 60.7 Å². The van der Waals surface area contributed by atoms with Crippen molar-refractivity contribution >= 4 is 18.4 Å². The van der Waals surface area contributed by atoms with Crippen LogP contribution < -0.4 is 0 Å². The number of halogens is 1. The maximum Gasteiger partial charge on any atom is 0.317 e. The summed E-state index contributed by atoms with van der Waals surface area (Å²) >= 11 is 0. The summed E-state index contributed by atoms with van der Waals surface area (Å²) in [5.41, 5.74) is 1.93. The highest BCUT2D eigenvalue weighted by molar-refractivity contribution is 5.85. The lowest BCUT2D eigenvalue weighted by atomic mass is 9.91. The Bertz CT molecular complexity index is 590. The lowest BCUT2D eigenvalue weighted by molar-refractivity contribution is -0.146. The molecule has 0 fully saturated rings. The van der Waals surface area contributed by atoms with E-state index in [4.69, 9.17) is 4.74 Å². The molecule has 3 nitrogen and oxygen atoms in total. The lowest BCUT2D eigenvalue weighted by Gasteiger charge is -2.29. The molecule has 0 saturated heterocycles. The zero-order valence-corrected chi connectivity index (χ0v) is 16.7. The van der Waals surface area contributed by atoms with Crippen molar-refractivity contribution in [2.75, 3.05) is 19.7 Å². The van der Waals surface area contributed by atoms with Gasteiger partial charge in [0.25, 0.3) is 0 Å². The van der Waals surface area contributed by atoms with Gasteiger partial charge in [0.15, 0.2) is 0 Å². The molecule has 142 valence electrons. The van der Waals surface area contributed by atoms with E-state index >= 15 is 0 Å². The third kappa shape index (κ3) is 5.86. The number of ether oxygens (including phenoxy) is 1. The largest absolute Gasteiger partial charge is 0.463 e. The topological polar surface area (TPSA) is 29.5 Å². The van der Waals surface area contributed by atoms with Gasteiger partial charge in [-0.25, -0.2) is 0 Å². The van der Waals surface area contributed by atoms with Crippen molar-refractivity contribution in [3.05, 3.63) is 71.8 Å². The fourth-order valence-electron chi connectivity index (χ4n) is 3.24. The first-order chi connectivity index (χ1) is 12.2. The fourth-order valence-corrected chi connectivity index (χ4v) is 3.24. The van der Waals surface area contributed by atoms with Gasteiger partial charge in [-0.1, -0.05) is 81.4 Å². The standard InChI is InChI=1S/C22H29NO2.ClH/c1-4-20(23(5-2)6-3)17-25-22(24)21(18-13-9-7-10-14-18)19-15-11-8-12-16-19;/h7-16,20-21H,4-6,17H2,1-3H3;1H. The van der Waals surface area contributed by atoms with Crippen molar-refractivity contribution in [3.63, 3.8) is 0 Å². The minimum Gasteiger partial charge on any atom is -0.463 e. The summed E-state index contributed by atoms with van der Waals surface area (Å²) in [6, 6.07) is 20.0. The van der Waals surface area contributed by atoms with Crippen LogP contribution in [0, 0.1) is 0 Å². The molecule has 0 aliphatic carbocycles. The van der Waals surface area contributed by atoms with Gasteiger partial charge in [-0.05, 0) is 30.6 Å². The van der Waals surface area contributed by atoms with Crippen LogP contribution >= 0.6 is 12.4 Å². The van der Waals surface area contributed by atoms with E-state index in [-0.39, 0.29) is 30.3 Å². The zero-order valence-electron chi connectivity index (χ0n) is 15.9. The monoisotopic (exact) mass is 375 g/mol.